The number of aromatic nitrogens is 1. The van der Waals surface area contributed by atoms with E-state index >= 15 is 0 Å². The predicted molar refractivity (Wildman–Crippen MR) is 165 cm³/mol. The monoisotopic (exact) mass is 543 g/mol. The number of pyridine rings is 1. The van der Waals surface area contributed by atoms with Crippen molar-refractivity contribution in [2.75, 3.05) is 11.5 Å². The zero-order valence-electron chi connectivity index (χ0n) is 24.4. The molecular weight excluding hydrogens is 506 g/mol. The molecule has 0 bridgehead atoms. The van der Waals surface area contributed by atoms with Gasteiger partial charge in [-0.05, 0) is 91.8 Å². The summed E-state index contributed by atoms with van der Waals surface area (Å²) >= 11 is 0. The van der Waals surface area contributed by atoms with Gasteiger partial charge in [0.05, 0.1) is 17.4 Å². The van der Waals surface area contributed by atoms with E-state index in [-0.39, 0.29) is 11.5 Å². The van der Waals surface area contributed by atoms with Crippen molar-refractivity contribution < 1.29 is 9.47 Å². The molecule has 0 amide bonds. The Morgan fingerprint density at radius 2 is 1.59 bits per heavy atom. The van der Waals surface area contributed by atoms with Crippen molar-refractivity contribution in [2.24, 2.45) is 10.9 Å². The first-order chi connectivity index (χ1) is 19.9. The first-order valence-corrected chi connectivity index (χ1v) is 14.8. The molecule has 2 aliphatic heterocycles. The summed E-state index contributed by atoms with van der Waals surface area (Å²) in [4.78, 5) is 12.1. The summed E-state index contributed by atoms with van der Waals surface area (Å²) in [5, 5.41) is 0. The van der Waals surface area contributed by atoms with Crippen molar-refractivity contribution in [3.05, 3.63) is 107 Å². The van der Waals surface area contributed by atoms with Crippen molar-refractivity contribution in [2.45, 2.75) is 64.8 Å². The number of para-hydroxylation sites is 1. The number of anilines is 3. The van der Waals surface area contributed by atoms with E-state index in [1.165, 1.54) is 36.8 Å². The number of nitrogens with zero attached hydrogens (tertiary/aromatic N) is 3. The molecule has 3 heterocycles. The van der Waals surface area contributed by atoms with E-state index in [1.807, 2.05) is 12.3 Å². The summed E-state index contributed by atoms with van der Waals surface area (Å²) in [5.74, 6) is 3.93. The van der Waals surface area contributed by atoms with Crippen LogP contribution in [0.3, 0.4) is 0 Å². The fourth-order valence-electron chi connectivity index (χ4n) is 6.89. The highest BCUT2D eigenvalue weighted by molar-refractivity contribution is 5.95. The van der Waals surface area contributed by atoms with Crippen LogP contribution in [0, 0.1) is 19.8 Å². The minimum Gasteiger partial charge on any atom is -0.475 e. The third kappa shape index (κ3) is 4.67. The smallest absolute Gasteiger partial charge is 0.216 e. The van der Waals surface area contributed by atoms with Crippen LogP contribution >= 0.6 is 0 Å². The van der Waals surface area contributed by atoms with Gasteiger partial charge < -0.3 is 9.47 Å². The van der Waals surface area contributed by atoms with Gasteiger partial charge in [0.15, 0.2) is 0 Å². The normalized spacial score (nSPS) is 19.4. The van der Waals surface area contributed by atoms with Gasteiger partial charge in [0, 0.05) is 28.8 Å². The second-order valence-corrected chi connectivity index (χ2v) is 12.4. The summed E-state index contributed by atoms with van der Waals surface area (Å²) in [6, 6.07) is 25.8. The van der Waals surface area contributed by atoms with Crippen LogP contribution in [0.4, 0.5) is 17.2 Å². The number of fused-ring (bicyclic) bond motifs is 2. The lowest BCUT2D eigenvalue weighted by Crippen LogP contribution is -2.31. The van der Waals surface area contributed by atoms with Crippen LogP contribution in [0.2, 0.25) is 0 Å². The quantitative estimate of drug-likeness (QED) is 0.252. The number of hydrogen-bond donors (Lipinski definition) is 0. The Labute approximate surface area is 242 Å². The molecule has 0 unspecified atom stereocenters. The minimum absolute atomic E-state index is 0.153. The molecule has 7 rings (SSSR count). The van der Waals surface area contributed by atoms with Crippen LogP contribution in [0.1, 0.15) is 67.3 Å². The topological polar surface area (TPSA) is 47.0 Å². The highest BCUT2D eigenvalue weighted by atomic mass is 16.5. The molecule has 1 aromatic heterocycles. The molecule has 1 fully saturated rings. The van der Waals surface area contributed by atoms with Crippen molar-refractivity contribution in [3.63, 3.8) is 0 Å². The molecule has 4 aromatic rings. The Kier molecular flexibility index (Phi) is 6.33. The molecule has 1 saturated carbocycles. The molecule has 1 aliphatic carbocycles. The fraction of sp³-hybridized carbons (Fsp3) is 0.333. The van der Waals surface area contributed by atoms with Gasteiger partial charge >= 0.3 is 0 Å². The molecule has 0 saturated heterocycles. The number of hydrogen-bond acceptors (Lipinski definition) is 5. The molecule has 3 aromatic carbocycles. The third-order valence-corrected chi connectivity index (χ3v) is 8.94. The number of aliphatic imine (C=N–C) groups is 1. The average Bonchev–Trinajstić information content (AvgIpc) is 3.66. The maximum Gasteiger partial charge on any atom is 0.216 e. The lowest BCUT2D eigenvalue weighted by Gasteiger charge is -2.41. The molecule has 5 heteroatoms. The van der Waals surface area contributed by atoms with E-state index in [0.29, 0.717) is 12.5 Å². The second kappa shape index (κ2) is 10.1. The van der Waals surface area contributed by atoms with Crippen LogP contribution in [-0.4, -0.2) is 23.5 Å². The number of rotatable bonds is 5. The molecule has 0 spiro atoms. The predicted octanol–water partition coefficient (Wildman–Crippen LogP) is 8.94. The Hall–Kier alpha value is -4.12. The maximum atomic E-state index is 6.56. The molecule has 1 atom stereocenters. The van der Waals surface area contributed by atoms with E-state index in [0.717, 1.165) is 51.3 Å². The summed E-state index contributed by atoms with van der Waals surface area (Å²) in [7, 11) is 0. The van der Waals surface area contributed by atoms with Gasteiger partial charge in [-0.15, -0.1) is 0 Å². The van der Waals surface area contributed by atoms with Crippen molar-refractivity contribution in [1.29, 1.82) is 0 Å². The van der Waals surface area contributed by atoms with Gasteiger partial charge in [0.1, 0.15) is 23.9 Å². The summed E-state index contributed by atoms with van der Waals surface area (Å²) in [6.07, 6.45) is 7.04. The van der Waals surface area contributed by atoms with Gasteiger partial charge in [0.2, 0.25) is 5.90 Å². The molecule has 0 N–H and O–H groups in total. The Morgan fingerprint density at radius 1 is 0.854 bits per heavy atom. The first kappa shape index (κ1) is 25.8. The van der Waals surface area contributed by atoms with Crippen LogP contribution in [-0.2, 0) is 10.2 Å². The number of benzene rings is 3. The summed E-state index contributed by atoms with van der Waals surface area (Å²) < 4.78 is 12.7. The number of aryl methyl sites for hydroxylation is 2. The largest absolute Gasteiger partial charge is 0.475 e. The van der Waals surface area contributed by atoms with Gasteiger partial charge in [-0.3, -0.25) is 4.90 Å². The lowest BCUT2D eigenvalue weighted by molar-refractivity contribution is 0.279. The minimum atomic E-state index is -0.153. The van der Waals surface area contributed by atoms with Crippen LogP contribution in [0.15, 0.2) is 84.0 Å². The molecule has 41 heavy (non-hydrogen) atoms. The third-order valence-electron chi connectivity index (χ3n) is 8.94. The van der Waals surface area contributed by atoms with E-state index in [1.54, 1.807) is 0 Å². The lowest BCUT2D eigenvalue weighted by atomic mass is 9.74. The van der Waals surface area contributed by atoms with Gasteiger partial charge in [-0.2, -0.15) is 0 Å². The SMILES string of the molecule is Cc1cc(Oc2cc(C)cc(N3c4ccccc4C(C)(C)c4cccnc43)c2)cc(C2=N[C@H](C3CCCC3)CO2)c1. The van der Waals surface area contributed by atoms with Crippen molar-refractivity contribution >= 4 is 23.1 Å². The van der Waals surface area contributed by atoms with Gasteiger partial charge in [-0.25, -0.2) is 9.98 Å². The van der Waals surface area contributed by atoms with Crippen molar-refractivity contribution in [3.8, 4) is 11.5 Å². The fourth-order valence-corrected chi connectivity index (χ4v) is 6.89. The standard InChI is InChI=1S/C36H37N3O2/c1-23-16-26(35-38-32(22-40-35)25-10-5-6-11-25)20-28(18-23)41-29-19-24(2)17-27(21-29)39-33-14-8-7-12-30(33)36(3,4)31-13-9-15-37-34(31)39/h7-9,12-21,25,32H,5-6,10-11,22H2,1-4H3/t32-/m0/s1. The summed E-state index contributed by atoms with van der Waals surface area (Å²) in [5.41, 5.74) is 7.72. The first-order valence-electron chi connectivity index (χ1n) is 14.8. The van der Waals surface area contributed by atoms with E-state index in [2.05, 4.69) is 99.3 Å². The maximum absolute atomic E-state index is 6.56. The number of ether oxygens (including phenoxy) is 2. The van der Waals surface area contributed by atoms with Crippen LogP contribution in [0.5, 0.6) is 11.5 Å². The van der Waals surface area contributed by atoms with E-state index in [4.69, 9.17) is 19.5 Å². The second-order valence-electron chi connectivity index (χ2n) is 12.4. The van der Waals surface area contributed by atoms with Gasteiger partial charge in [-0.1, -0.05) is 51.0 Å². The van der Waals surface area contributed by atoms with E-state index < -0.39 is 0 Å². The zero-order chi connectivity index (χ0) is 28.1. The molecular formula is C36H37N3O2. The molecule has 3 aliphatic rings. The molecule has 0 radical (unpaired) electrons. The Balaban J connectivity index is 1.24. The Morgan fingerprint density at radius 3 is 2.41 bits per heavy atom. The zero-order valence-corrected chi connectivity index (χ0v) is 24.4. The summed E-state index contributed by atoms with van der Waals surface area (Å²) in [6.45, 7) is 9.45. The van der Waals surface area contributed by atoms with Crippen LogP contribution in [0.25, 0.3) is 0 Å². The van der Waals surface area contributed by atoms with Crippen molar-refractivity contribution in [1.82, 2.24) is 4.98 Å². The Bertz CT molecular complexity index is 1600. The highest BCUT2D eigenvalue weighted by Gasteiger charge is 2.37. The average molecular weight is 544 g/mol. The van der Waals surface area contributed by atoms with Crippen LogP contribution < -0.4 is 9.64 Å². The van der Waals surface area contributed by atoms with E-state index in [9.17, 15) is 0 Å². The highest BCUT2D eigenvalue weighted by Crippen LogP contribution is 2.51. The van der Waals surface area contributed by atoms with Gasteiger partial charge in [0.25, 0.3) is 0 Å². The molecule has 5 nitrogen and oxygen atoms in total. The molecule has 208 valence electrons.